The maximum absolute atomic E-state index is 11.9. The first kappa shape index (κ1) is 15.4. The molecule has 5 nitrogen and oxygen atoms in total. The van der Waals surface area contributed by atoms with Crippen LogP contribution in [0, 0.1) is 0 Å². The molecule has 0 radical (unpaired) electrons. The Morgan fingerprint density at radius 3 is 2.57 bits per heavy atom. The topological polar surface area (TPSA) is 67.4 Å². The Kier molecular flexibility index (Phi) is 4.21. The number of hydrogen-bond acceptors (Lipinski definition) is 4. The summed E-state index contributed by atoms with van der Waals surface area (Å²) in [7, 11) is 1.60. The molecule has 0 aliphatic carbocycles. The molecule has 2 N–H and O–H groups in total. The second-order valence-electron chi connectivity index (χ2n) is 6.31. The highest BCUT2D eigenvalue weighted by atomic mass is 16.5. The second kappa shape index (κ2) is 5.76. The van der Waals surface area contributed by atoms with Gasteiger partial charge in [-0.05, 0) is 29.5 Å². The molecule has 2 amide bonds. The van der Waals surface area contributed by atoms with Gasteiger partial charge in [0.05, 0.1) is 12.8 Å². The number of ether oxygens (including phenoxy) is 1. The Balaban J connectivity index is 2.25. The Morgan fingerprint density at radius 2 is 2.00 bits per heavy atom. The van der Waals surface area contributed by atoms with Gasteiger partial charge in [-0.15, -0.1) is 0 Å². The van der Waals surface area contributed by atoms with Gasteiger partial charge in [0.1, 0.15) is 11.8 Å². The van der Waals surface area contributed by atoms with E-state index in [-0.39, 0.29) is 17.2 Å². The molecule has 1 aromatic rings. The van der Waals surface area contributed by atoms with Crippen molar-refractivity contribution in [1.29, 1.82) is 0 Å². The summed E-state index contributed by atoms with van der Waals surface area (Å²) in [6.45, 7) is 6.39. The Morgan fingerprint density at radius 1 is 1.29 bits per heavy atom. The van der Waals surface area contributed by atoms with Crippen LogP contribution in [0.2, 0.25) is 0 Å². The van der Waals surface area contributed by atoms with E-state index in [9.17, 15) is 9.59 Å². The summed E-state index contributed by atoms with van der Waals surface area (Å²) in [6, 6.07) is 5.51. The van der Waals surface area contributed by atoms with E-state index in [4.69, 9.17) is 4.74 Å². The zero-order chi connectivity index (χ0) is 15.6. The van der Waals surface area contributed by atoms with Crippen molar-refractivity contribution in [2.45, 2.75) is 45.1 Å². The minimum absolute atomic E-state index is 0.00743. The molecule has 1 aliphatic rings. The molecule has 1 aromatic carbocycles. The molecule has 0 saturated carbocycles. The second-order valence-corrected chi connectivity index (χ2v) is 6.31. The molecular weight excluding hydrogens is 268 g/mol. The van der Waals surface area contributed by atoms with Gasteiger partial charge in [-0.25, -0.2) is 0 Å². The number of carbonyl (C=O) groups excluding carboxylic acids is 2. The Hall–Kier alpha value is -2.04. The Bertz CT molecular complexity index is 561. The first-order valence-corrected chi connectivity index (χ1v) is 7.10. The van der Waals surface area contributed by atoms with Crippen LogP contribution in [0.1, 0.15) is 39.2 Å². The molecule has 114 valence electrons. The van der Waals surface area contributed by atoms with Crippen LogP contribution in [-0.4, -0.2) is 25.0 Å². The van der Waals surface area contributed by atoms with Crippen molar-refractivity contribution in [3.05, 3.63) is 23.8 Å². The van der Waals surface area contributed by atoms with Crippen LogP contribution in [0.15, 0.2) is 18.2 Å². The molecule has 1 fully saturated rings. The minimum atomic E-state index is -0.410. The predicted octanol–water partition coefficient (Wildman–Crippen LogP) is 2.21. The van der Waals surface area contributed by atoms with Crippen molar-refractivity contribution >= 4 is 17.5 Å². The smallest absolute Gasteiger partial charge is 0.249 e. The third-order valence-electron chi connectivity index (χ3n) is 3.63. The van der Waals surface area contributed by atoms with E-state index in [0.717, 1.165) is 11.3 Å². The van der Waals surface area contributed by atoms with Crippen LogP contribution >= 0.6 is 0 Å². The van der Waals surface area contributed by atoms with Gasteiger partial charge in [0.15, 0.2) is 0 Å². The number of rotatable bonds is 3. The first-order chi connectivity index (χ1) is 9.81. The quantitative estimate of drug-likeness (QED) is 0.838. The fraction of sp³-hybridized carbons (Fsp3) is 0.500. The molecule has 1 aliphatic heterocycles. The molecule has 1 saturated heterocycles. The SMILES string of the molecule is COc1ccc(C(C)(C)C)cc1NC1CCC(=O)NC1=O. The lowest BCUT2D eigenvalue weighted by Gasteiger charge is -2.26. The highest BCUT2D eigenvalue weighted by Crippen LogP contribution is 2.32. The number of hydrogen-bond donors (Lipinski definition) is 2. The summed E-state index contributed by atoms with van der Waals surface area (Å²) in [5, 5.41) is 5.54. The normalized spacial score (nSPS) is 19.1. The standard InChI is InChI=1S/C16H22N2O3/c1-16(2,3)10-5-7-13(21-4)12(9-10)17-11-6-8-14(19)18-15(11)20/h5,7,9,11,17H,6,8H2,1-4H3,(H,18,19,20). The predicted molar refractivity (Wildman–Crippen MR) is 81.5 cm³/mol. The number of amides is 2. The summed E-state index contributed by atoms with van der Waals surface area (Å²) in [4.78, 5) is 23.1. The van der Waals surface area contributed by atoms with Gasteiger partial charge >= 0.3 is 0 Å². The molecule has 0 spiro atoms. The summed E-state index contributed by atoms with van der Waals surface area (Å²) >= 11 is 0. The van der Waals surface area contributed by atoms with Crippen LogP contribution in [-0.2, 0) is 15.0 Å². The van der Waals surface area contributed by atoms with E-state index in [1.807, 2.05) is 18.2 Å². The minimum Gasteiger partial charge on any atom is -0.495 e. The van der Waals surface area contributed by atoms with E-state index >= 15 is 0 Å². The monoisotopic (exact) mass is 290 g/mol. The van der Waals surface area contributed by atoms with Crippen molar-refractivity contribution in [2.24, 2.45) is 0 Å². The number of methoxy groups -OCH3 is 1. The van der Waals surface area contributed by atoms with Crippen molar-refractivity contribution in [3.8, 4) is 5.75 Å². The number of imide groups is 1. The van der Waals surface area contributed by atoms with Crippen LogP contribution in [0.4, 0.5) is 5.69 Å². The van der Waals surface area contributed by atoms with Gasteiger partial charge < -0.3 is 10.1 Å². The Labute approximate surface area is 125 Å². The third-order valence-corrected chi connectivity index (χ3v) is 3.63. The van der Waals surface area contributed by atoms with Crippen LogP contribution in [0.3, 0.4) is 0 Å². The lowest BCUT2D eigenvalue weighted by molar-refractivity contribution is -0.133. The van der Waals surface area contributed by atoms with E-state index in [1.165, 1.54) is 0 Å². The molecule has 2 rings (SSSR count). The van der Waals surface area contributed by atoms with Gasteiger partial charge in [-0.2, -0.15) is 0 Å². The van der Waals surface area contributed by atoms with E-state index < -0.39 is 6.04 Å². The molecule has 0 aromatic heterocycles. The zero-order valence-electron chi connectivity index (χ0n) is 12.9. The number of nitrogens with one attached hydrogen (secondary N) is 2. The van der Waals surface area contributed by atoms with Crippen molar-refractivity contribution in [1.82, 2.24) is 5.32 Å². The lowest BCUT2D eigenvalue weighted by atomic mass is 9.86. The summed E-state index contributed by atoms with van der Waals surface area (Å²) < 4.78 is 5.35. The van der Waals surface area contributed by atoms with E-state index in [2.05, 4.69) is 31.4 Å². The average molecular weight is 290 g/mol. The van der Waals surface area contributed by atoms with Gasteiger partial charge in [0, 0.05) is 6.42 Å². The van der Waals surface area contributed by atoms with Gasteiger partial charge in [0.2, 0.25) is 11.8 Å². The maximum Gasteiger partial charge on any atom is 0.249 e. The van der Waals surface area contributed by atoms with Crippen molar-refractivity contribution in [3.63, 3.8) is 0 Å². The van der Waals surface area contributed by atoms with Crippen LogP contribution < -0.4 is 15.4 Å². The number of piperidine rings is 1. The third kappa shape index (κ3) is 3.54. The largest absolute Gasteiger partial charge is 0.495 e. The van der Waals surface area contributed by atoms with E-state index in [1.54, 1.807) is 7.11 Å². The lowest BCUT2D eigenvalue weighted by Crippen LogP contribution is -2.47. The number of carbonyl (C=O) groups is 2. The number of benzene rings is 1. The van der Waals surface area contributed by atoms with Gasteiger partial charge in [0.25, 0.3) is 0 Å². The highest BCUT2D eigenvalue weighted by molar-refractivity contribution is 6.01. The summed E-state index contributed by atoms with van der Waals surface area (Å²) in [5.41, 5.74) is 1.94. The van der Waals surface area contributed by atoms with Gasteiger partial charge in [-0.3, -0.25) is 14.9 Å². The fourth-order valence-corrected chi connectivity index (χ4v) is 2.31. The van der Waals surface area contributed by atoms with Crippen molar-refractivity contribution < 1.29 is 14.3 Å². The van der Waals surface area contributed by atoms with Crippen LogP contribution in [0.25, 0.3) is 0 Å². The number of anilines is 1. The molecule has 1 unspecified atom stereocenters. The fourth-order valence-electron chi connectivity index (χ4n) is 2.31. The molecule has 5 heteroatoms. The molecular formula is C16H22N2O3. The molecule has 0 bridgehead atoms. The molecule has 1 heterocycles. The average Bonchev–Trinajstić information content (AvgIpc) is 2.41. The molecule has 1 atom stereocenters. The maximum atomic E-state index is 11.9. The van der Waals surface area contributed by atoms with Crippen molar-refractivity contribution in [2.75, 3.05) is 12.4 Å². The molecule has 21 heavy (non-hydrogen) atoms. The summed E-state index contributed by atoms with van der Waals surface area (Å²) in [5.74, 6) is 0.190. The highest BCUT2D eigenvalue weighted by Gasteiger charge is 2.27. The summed E-state index contributed by atoms with van der Waals surface area (Å²) in [6.07, 6.45) is 0.845. The van der Waals surface area contributed by atoms with Crippen LogP contribution in [0.5, 0.6) is 5.75 Å². The van der Waals surface area contributed by atoms with Gasteiger partial charge in [-0.1, -0.05) is 26.8 Å². The van der Waals surface area contributed by atoms with E-state index in [0.29, 0.717) is 18.6 Å². The zero-order valence-corrected chi connectivity index (χ0v) is 12.9. The first-order valence-electron chi connectivity index (χ1n) is 7.10.